The second-order valence-corrected chi connectivity index (χ2v) is 7.59. The van der Waals surface area contributed by atoms with Gasteiger partial charge in [-0.2, -0.15) is 0 Å². The van der Waals surface area contributed by atoms with Crippen molar-refractivity contribution in [3.8, 4) is 0 Å². The molecule has 0 spiro atoms. The van der Waals surface area contributed by atoms with Crippen molar-refractivity contribution in [1.82, 2.24) is 0 Å². The van der Waals surface area contributed by atoms with Gasteiger partial charge < -0.3 is 9.47 Å². The molecule has 0 saturated heterocycles. The Morgan fingerprint density at radius 3 is 2.31 bits per heavy atom. The lowest BCUT2D eigenvalue weighted by Gasteiger charge is -2.38. The third-order valence-corrected chi connectivity index (χ3v) is 5.60. The molecule has 0 aromatic heterocycles. The summed E-state index contributed by atoms with van der Waals surface area (Å²) in [5, 5.41) is 11.3. The zero-order chi connectivity index (χ0) is 21.4. The SMILES string of the molecule is CCCCCC[C@@H]1CC(C(=O)OCC)(C(=O)OCC)Cc2cc([N+](=O)[O-])ccc21. The maximum Gasteiger partial charge on any atom is 0.323 e. The van der Waals surface area contributed by atoms with E-state index >= 15 is 0 Å². The summed E-state index contributed by atoms with van der Waals surface area (Å²) in [6, 6.07) is 4.76. The molecule has 1 atom stereocenters. The molecule has 1 aliphatic rings. The van der Waals surface area contributed by atoms with Crippen LogP contribution in [0.1, 0.15) is 76.3 Å². The number of hydrogen-bond donors (Lipinski definition) is 0. The van der Waals surface area contributed by atoms with Crippen LogP contribution < -0.4 is 0 Å². The van der Waals surface area contributed by atoms with Crippen LogP contribution in [-0.2, 0) is 25.5 Å². The van der Waals surface area contributed by atoms with E-state index in [1.54, 1.807) is 19.9 Å². The van der Waals surface area contributed by atoms with Crippen molar-refractivity contribution in [2.45, 2.75) is 71.6 Å². The average Bonchev–Trinajstić information content (AvgIpc) is 2.70. The van der Waals surface area contributed by atoms with Gasteiger partial charge in [0.1, 0.15) is 0 Å². The molecule has 0 aliphatic heterocycles. The predicted octanol–water partition coefficient (Wildman–Crippen LogP) is 4.71. The summed E-state index contributed by atoms with van der Waals surface area (Å²) in [6.07, 6.45) is 5.46. The molecule has 0 unspecified atom stereocenters. The van der Waals surface area contributed by atoms with E-state index in [1.165, 1.54) is 12.1 Å². The van der Waals surface area contributed by atoms with Crippen LogP contribution in [0.15, 0.2) is 18.2 Å². The standard InChI is InChI=1S/C22H31NO6/c1-4-7-8-9-10-16-14-22(20(24)28-5-2,21(25)29-6-3)15-17-13-18(23(26)27)11-12-19(16)17/h11-13,16H,4-10,14-15H2,1-3H3/t16-/m1/s1. The van der Waals surface area contributed by atoms with Gasteiger partial charge in [-0.25, -0.2) is 0 Å². The van der Waals surface area contributed by atoms with Crippen molar-refractivity contribution in [2.75, 3.05) is 13.2 Å². The zero-order valence-corrected chi connectivity index (χ0v) is 17.6. The number of nitro benzene ring substituents is 1. The molecule has 29 heavy (non-hydrogen) atoms. The third-order valence-electron chi connectivity index (χ3n) is 5.60. The van der Waals surface area contributed by atoms with Gasteiger partial charge in [-0.1, -0.05) is 38.7 Å². The Labute approximate surface area is 171 Å². The molecule has 0 heterocycles. The number of benzene rings is 1. The fourth-order valence-corrected chi connectivity index (χ4v) is 4.19. The Hall–Kier alpha value is -2.44. The van der Waals surface area contributed by atoms with E-state index in [2.05, 4.69) is 6.92 Å². The number of hydrogen-bond acceptors (Lipinski definition) is 6. The van der Waals surface area contributed by atoms with E-state index in [0.717, 1.165) is 37.7 Å². The maximum atomic E-state index is 12.9. The number of esters is 2. The van der Waals surface area contributed by atoms with Crippen LogP contribution in [0.3, 0.4) is 0 Å². The minimum Gasteiger partial charge on any atom is -0.465 e. The van der Waals surface area contributed by atoms with Gasteiger partial charge in [0, 0.05) is 12.1 Å². The molecule has 0 saturated carbocycles. The van der Waals surface area contributed by atoms with E-state index in [4.69, 9.17) is 9.47 Å². The number of carbonyl (C=O) groups excluding carboxylic acids is 2. The van der Waals surface area contributed by atoms with Gasteiger partial charge in [-0.3, -0.25) is 19.7 Å². The van der Waals surface area contributed by atoms with Crippen LogP contribution >= 0.6 is 0 Å². The van der Waals surface area contributed by atoms with Crippen molar-refractivity contribution < 1.29 is 24.0 Å². The normalized spacial score (nSPS) is 17.3. The second-order valence-electron chi connectivity index (χ2n) is 7.59. The van der Waals surface area contributed by atoms with Crippen LogP contribution in [0.4, 0.5) is 5.69 Å². The molecule has 0 radical (unpaired) electrons. The Morgan fingerprint density at radius 1 is 1.10 bits per heavy atom. The highest BCUT2D eigenvalue weighted by Crippen LogP contribution is 2.47. The monoisotopic (exact) mass is 405 g/mol. The Kier molecular flexibility index (Phi) is 8.17. The third kappa shape index (κ3) is 5.14. The average molecular weight is 405 g/mol. The lowest BCUT2D eigenvalue weighted by atomic mass is 9.65. The van der Waals surface area contributed by atoms with Gasteiger partial charge in [-0.15, -0.1) is 0 Å². The molecule has 7 heteroatoms. The molecule has 0 fully saturated rings. The molecule has 1 aliphatic carbocycles. The van der Waals surface area contributed by atoms with Crippen molar-refractivity contribution in [3.05, 3.63) is 39.4 Å². The maximum absolute atomic E-state index is 12.9. The second kappa shape index (κ2) is 10.4. The molecule has 1 aromatic carbocycles. The lowest BCUT2D eigenvalue weighted by molar-refractivity contribution is -0.385. The van der Waals surface area contributed by atoms with Crippen LogP contribution in [-0.4, -0.2) is 30.1 Å². The molecular formula is C22H31NO6. The first-order valence-corrected chi connectivity index (χ1v) is 10.5. The van der Waals surface area contributed by atoms with E-state index in [0.29, 0.717) is 12.0 Å². The molecule has 0 bridgehead atoms. The van der Waals surface area contributed by atoms with Gasteiger partial charge in [-0.05, 0) is 50.2 Å². The fourth-order valence-electron chi connectivity index (χ4n) is 4.19. The number of ether oxygens (including phenoxy) is 2. The first-order valence-electron chi connectivity index (χ1n) is 10.5. The van der Waals surface area contributed by atoms with Gasteiger partial charge in [0.05, 0.1) is 18.1 Å². The highest BCUT2D eigenvalue weighted by molar-refractivity contribution is 6.01. The summed E-state index contributed by atoms with van der Waals surface area (Å²) in [4.78, 5) is 36.7. The number of carbonyl (C=O) groups is 2. The van der Waals surface area contributed by atoms with E-state index in [-0.39, 0.29) is 31.2 Å². The number of rotatable bonds is 10. The quantitative estimate of drug-likeness (QED) is 0.184. The highest BCUT2D eigenvalue weighted by atomic mass is 16.6. The van der Waals surface area contributed by atoms with Gasteiger partial charge in [0.2, 0.25) is 0 Å². The van der Waals surface area contributed by atoms with E-state index in [1.807, 2.05) is 0 Å². The summed E-state index contributed by atoms with van der Waals surface area (Å²) in [5.41, 5.74) is 0.143. The van der Waals surface area contributed by atoms with Crippen LogP contribution in [0, 0.1) is 15.5 Å². The fraction of sp³-hybridized carbons (Fsp3) is 0.636. The molecule has 1 aromatic rings. The summed E-state index contributed by atoms with van der Waals surface area (Å²) >= 11 is 0. The number of unbranched alkanes of at least 4 members (excludes halogenated alkanes) is 3. The molecule has 0 N–H and O–H groups in total. The van der Waals surface area contributed by atoms with Crippen molar-refractivity contribution >= 4 is 17.6 Å². The summed E-state index contributed by atoms with van der Waals surface area (Å²) in [7, 11) is 0. The number of non-ortho nitro benzene ring substituents is 1. The van der Waals surface area contributed by atoms with Crippen LogP contribution in [0.2, 0.25) is 0 Å². The van der Waals surface area contributed by atoms with Crippen LogP contribution in [0.5, 0.6) is 0 Å². The van der Waals surface area contributed by atoms with Crippen molar-refractivity contribution in [2.24, 2.45) is 5.41 Å². The Bertz CT molecular complexity index is 727. The lowest BCUT2D eigenvalue weighted by Crippen LogP contribution is -2.47. The number of fused-ring (bicyclic) bond motifs is 1. The molecule has 2 rings (SSSR count). The summed E-state index contributed by atoms with van der Waals surface area (Å²) in [6.45, 7) is 5.84. The first kappa shape index (κ1) is 22.8. The van der Waals surface area contributed by atoms with E-state index < -0.39 is 22.3 Å². The molecule has 7 nitrogen and oxygen atoms in total. The Balaban J connectivity index is 2.47. The predicted molar refractivity (Wildman–Crippen MR) is 109 cm³/mol. The highest BCUT2D eigenvalue weighted by Gasteiger charge is 2.53. The molecule has 160 valence electrons. The number of nitro groups is 1. The Morgan fingerprint density at radius 2 is 1.76 bits per heavy atom. The number of nitrogens with zero attached hydrogens (tertiary/aromatic N) is 1. The van der Waals surface area contributed by atoms with E-state index in [9.17, 15) is 19.7 Å². The summed E-state index contributed by atoms with van der Waals surface area (Å²) < 4.78 is 10.5. The molecular weight excluding hydrogens is 374 g/mol. The van der Waals surface area contributed by atoms with Gasteiger partial charge >= 0.3 is 11.9 Å². The van der Waals surface area contributed by atoms with Crippen molar-refractivity contribution in [1.29, 1.82) is 0 Å². The largest absolute Gasteiger partial charge is 0.465 e. The first-order chi connectivity index (χ1) is 13.9. The zero-order valence-electron chi connectivity index (χ0n) is 17.6. The van der Waals surface area contributed by atoms with Gasteiger partial charge in [0.25, 0.3) is 5.69 Å². The topological polar surface area (TPSA) is 95.7 Å². The van der Waals surface area contributed by atoms with Crippen LogP contribution in [0.25, 0.3) is 0 Å². The van der Waals surface area contributed by atoms with Gasteiger partial charge in [0.15, 0.2) is 5.41 Å². The van der Waals surface area contributed by atoms with Crippen molar-refractivity contribution in [3.63, 3.8) is 0 Å². The minimum atomic E-state index is -1.45. The minimum absolute atomic E-state index is 0.0444. The smallest absolute Gasteiger partial charge is 0.323 e. The summed E-state index contributed by atoms with van der Waals surface area (Å²) in [5.74, 6) is -1.26. The molecule has 0 amide bonds.